The third kappa shape index (κ3) is 4.27. The van der Waals surface area contributed by atoms with Crippen LogP contribution in [0.1, 0.15) is 28.3 Å². The van der Waals surface area contributed by atoms with Crippen molar-refractivity contribution >= 4 is 15.9 Å². The van der Waals surface area contributed by atoms with Crippen LogP contribution in [0, 0.1) is 18.3 Å². The Balaban J connectivity index is 1.76. The Bertz CT molecular complexity index is 1370. The largest absolute Gasteiger partial charge is 0.493 e. The number of benzene rings is 2. The molecule has 0 fully saturated rings. The van der Waals surface area contributed by atoms with Crippen LogP contribution in [0.2, 0.25) is 0 Å². The van der Waals surface area contributed by atoms with Crippen molar-refractivity contribution in [2.45, 2.75) is 25.8 Å². The first-order valence-electron chi connectivity index (χ1n) is 10.7. The van der Waals surface area contributed by atoms with Crippen molar-refractivity contribution in [1.82, 2.24) is 4.57 Å². The van der Waals surface area contributed by atoms with Crippen LogP contribution in [-0.2, 0) is 13.0 Å². The number of hydrogen-bond acceptors (Lipinski definition) is 6. The maximum absolute atomic E-state index is 13.8. The van der Waals surface area contributed by atoms with Crippen molar-refractivity contribution in [2.24, 2.45) is 5.73 Å². The molecule has 1 aromatic heterocycles. The molecule has 4 rings (SSSR count). The number of nitrogens with two attached hydrogens (primary N) is 1. The second-order valence-corrected chi connectivity index (χ2v) is 8.85. The molecular formula is C26H24BrN3O4. The van der Waals surface area contributed by atoms with E-state index in [1.54, 1.807) is 24.9 Å². The van der Waals surface area contributed by atoms with Crippen LogP contribution in [0.3, 0.4) is 0 Å². The summed E-state index contributed by atoms with van der Waals surface area (Å²) in [7, 11) is 3.18. The normalized spacial score (nSPS) is 14.7. The van der Waals surface area contributed by atoms with Gasteiger partial charge < -0.3 is 24.5 Å². The van der Waals surface area contributed by atoms with Gasteiger partial charge in [0, 0.05) is 22.8 Å². The lowest BCUT2D eigenvalue weighted by molar-refractivity contribution is 0.354. The minimum Gasteiger partial charge on any atom is -0.493 e. The lowest BCUT2D eigenvalue weighted by atomic mass is 9.84. The third-order valence-corrected chi connectivity index (χ3v) is 6.49. The highest BCUT2D eigenvalue weighted by molar-refractivity contribution is 9.10. The molecule has 0 saturated heterocycles. The molecule has 2 heterocycles. The van der Waals surface area contributed by atoms with E-state index in [9.17, 15) is 10.1 Å². The van der Waals surface area contributed by atoms with Crippen molar-refractivity contribution in [3.05, 3.63) is 97.2 Å². The molecule has 0 radical (unpaired) electrons. The number of aromatic nitrogens is 1. The average molecular weight is 522 g/mol. The van der Waals surface area contributed by atoms with E-state index in [0.29, 0.717) is 35.8 Å². The monoisotopic (exact) mass is 521 g/mol. The van der Waals surface area contributed by atoms with E-state index in [1.165, 1.54) is 0 Å². The fraction of sp³-hybridized carbons (Fsp3) is 0.231. The predicted octanol–water partition coefficient (Wildman–Crippen LogP) is 4.40. The Morgan fingerprint density at radius 1 is 1.12 bits per heavy atom. The lowest BCUT2D eigenvalue weighted by Gasteiger charge is -2.27. The van der Waals surface area contributed by atoms with Gasteiger partial charge in [0.2, 0.25) is 5.88 Å². The number of allylic oxidation sites excluding steroid dienone is 1. The smallest absolute Gasteiger partial charge is 0.258 e. The number of fused-ring (bicyclic) bond motifs is 1. The van der Waals surface area contributed by atoms with Gasteiger partial charge in [-0.15, -0.1) is 0 Å². The number of nitrogens with zero attached hydrogens (tertiary/aromatic N) is 2. The first-order valence-corrected chi connectivity index (χ1v) is 11.5. The summed E-state index contributed by atoms with van der Waals surface area (Å²) in [5, 5.41) is 9.82. The van der Waals surface area contributed by atoms with E-state index in [-0.39, 0.29) is 17.0 Å². The van der Waals surface area contributed by atoms with Gasteiger partial charge in [-0.2, -0.15) is 5.26 Å². The molecule has 0 spiro atoms. The number of hydrogen-bond donors (Lipinski definition) is 1. The Kier molecular flexibility index (Phi) is 6.66. The minimum absolute atomic E-state index is 0.0183. The molecule has 1 aliphatic rings. The summed E-state index contributed by atoms with van der Waals surface area (Å²) in [5.41, 5.74) is 9.05. The van der Waals surface area contributed by atoms with Gasteiger partial charge in [-0.05, 0) is 48.7 Å². The van der Waals surface area contributed by atoms with E-state index in [1.807, 2.05) is 49.4 Å². The molecule has 34 heavy (non-hydrogen) atoms. The molecule has 0 unspecified atom stereocenters. The van der Waals surface area contributed by atoms with E-state index >= 15 is 0 Å². The molecule has 3 aromatic rings. The fourth-order valence-electron chi connectivity index (χ4n) is 4.23. The third-order valence-electron chi connectivity index (χ3n) is 5.97. The maximum atomic E-state index is 13.8. The summed E-state index contributed by atoms with van der Waals surface area (Å²) in [6, 6.07) is 17.2. The van der Waals surface area contributed by atoms with Crippen molar-refractivity contribution in [3.8, 4) is 23.3 Å². The van der Waals surface area contributed by atoms with Crippen LogP contribution in [0.4, 0.5) is 0 Å². The van der Waals surface area contributed by atoms with Crippen molar-refractivity contribution < 1.29 is 14.2 Å². The molecule has 8 heteroatoms. The highest BCUT2D eigenvalue weighted by Gasteiger charge is 2.34. The van der Waals surface area contributed by atoms with Gasteiger partial charge in [0.15, 0.2) is 11.5 Å². The topological polar surface area (TPSA) is 99.5 Å². The van der Waals surface area contributed by atoms with Crippen molar-refractivity contribution in [3.63, 3.8) is 0 Å². The Morgan fingerprint density at radius 2 is 1.82 bits per heavy atom. The van der Waals surface area contributed by atoms with Gasteiger partial charge in [-0.25, -0.2) is 0 Å². The Morgan fingerprint density at radius 3 is 2.47 bits per heavy atom. The lowest BCUT2D eigenvalue weighted by Crippen LogP contribution is -2.33. The molecule has 0 amide bonds. The standard InChI is InChI=1S/C26H24BrN3O4/c1-15-12-22-24(23(19(14-28)25(29)34-22)17-5-7-18(27)8-6-17)26(31)30(15)11-10-16-4-9-20(32-2)21(13-16)33-3/h4-9,12-13,23H,10-11,29H2,1-3H3/t23-/m0/s1. The molecule has 7 nitrogen and oxygen atoms in total. The zero-order valence-corrected chi connectivity index (χ0v) is 20.7. The van der Waals surface area contributed by atoms with E-state index in [0.717, 1.165) is 21.3 Å². The molecule has 2 aromatic carbocycles. The van der Waals surface area contributed by atoms with Gasteiger partial charge in [0.1, 0.15) is 17.4 Å². The number of rotatable bonds is 6. The van der Waals surface area contributed by atoms with Gasteiger partial charge in [0.25, 0.3) is 5.56 Å². The average Bonchev–Trinajstić information content (AvgIpc) is 2.83. The van der Waals surface area contributed by atoms with Crippen LogP contribution in [0.5, 0.6) is 17.2 Å². The molecule has 1 atom stereocenters. The molecular weight excluding hydrogens is 498 g/mol. The summed E-state index contributed by atoms with van der Waals surface area (Å²) in [4.78, 5) is 13.8. The molecule has 174 valence electrons. The molecule has 0 aliphatic carbocycles. The molecule has 2 N–H and O–H groups in total. The zero-order chi connectivity index (χ0) is 24.4. The fourth-order valence-corrected chi connectivity index (χ4v) is 4.49. The molecule has 1 aliphatic heterocycles. The first-order chi connectivity index (χ1) is 16.4. The van der Waals surface area contributed by atoms with E-state index < -0.39 is 5.92 Å². The number of ether oxygens (including phenoxy) is 3. The van der Waals surface area contributed by atoms with Gasteiger partial charge in [-0.1, -0.05) is 34.1 Å². The van der Waals surface area contributed by atoms with Crippen molar-refractivity contribution in [1.29, 1.82) is 5.26 Å². The number of pyridine rings is 1. The maximum Gasteiger partial charge on any atom is 0.258 e. The summed E-state index contributed by atoms with van der Waals surface area (Å²) < 4.78 is 19.0. The second kappa shape index (κ2) is 9.65. The first kappa shape index (κ1) is 23.5. The van der Waals surface area contributed by atoms with Crippen LogP contribution < -0.4 is 25.5 Å². The van der Waals surface area contributed by atoms with Crippen LogP contribution >= 0.6 is 15.9 Å². The summed E-state index contributed by atoms with van der Waals surface area (Å²) in [6.07, 6.45) is 0.604. The summed E-state index contributed by atoms with van der Waals surface area (Å²) in [6.45, 7) is 2.30. The Labute approximate surface area is 206 Å². The highest BCUT2D eigenvalue weighted by atomic mass is 79.9. The zero-order valence-electron chi connectivity index (χ0n) is 19.1. The second-order valence-electron chi connectivity index (χ2n) is 7.94. The number of halogens is 1. The van der Waals surface area contributed by atoms with Crippen LogP contribution in [-0.4, -0.2) is 18.8 Å². The minimum atomic E-state index is -0.609. The van der Waals surface area contributed by atoms with Gasteiger partial charge in [-0.3, -0.25) is 4.79 Å². The van der Waals surface area contributed by atoms with Crippen molar-refractivity contribution in [2.75, 3.05) is 14.2 Å². The molecule has 0 saturated carbocycles. The highest BCUT2D eigenvalue weighted by Crippen LogP contribution is 2.40. The summed E-state index contributed by atoms with van der Waals surface area (Å²) >= 11 is 3.43. The van der Waals surface area contributed by atoms with Gasteiger partial charge in [0.05, 0.1) is 25.7 Å². The Hall–Kier alpha value is -3.70. The van der Waals surface area contributed by atoms with E-state index in [4.69, 9.17) is 19.9 Å². The summed E-state index contributed by atoms with van der Waals surface area (Å²) in [5.74, 6) is 1.08. The molecule has 0 bridgehead atoms. The quantitative estimate of drug-likeness (QED) is 0.516. The SMILES string of the molecule is COc1ccc(CCn2c(C)cc3c(c2=O)[C@@H](c2ccc(Br)cc2)C(C#N)=C(N)O3)cc1OC. The number of aryl methyl sites for hydroxylation is 2. The van der Waals surface area contributed by atoms with Crippen LogP contribution in [0.15, 0.2) is 69.3 Å². The van der Waals surface area contributed by atoms with Gasteiger partial charge >= 0.3 is 0 Å². The number of nitriles is 1. The van der Waals surface area contributed by atoms with Crippen LogP contribution in [0.25, 0.3) is 0 Å². The van der Waals surface area contributed by atoms with E-state index in [2.05, 4.69) is 22.0 Å². The predicted molar refractivity (Wildman–Crippen MR) is 132 cm³/mol. The number of methoxy groups -OCH3 is 2.